The van der Waals surface area contributed by atoms with E-state index in [1.807, 2.05) is 24.4 Å². The first-order valence-electron chi connectivity index (χ1n) is 12.2. The summed E-state index contributed by atoms with van der Waals surface area (Å²) in [7, 11) is 1.42. The van der Waals surface area contributed by atoms with Crippen LogP contribution in [0.5, 0.6) is 0 Å². The van der Waals surface area contributed by atoms with Crippen molar-refractivity contribution in [2.24, 2.45) is 0 Å². The summed E-state index contributed by atoms with van der Waals surface area (Å²) in [6.07, 6.45) is 2.82. The number of aryl methyl sites for hydroxylation is 1. The van der Waals surface area contributed by atoms with Gasteiger partial charge in [0.25, 0.3) is 0 Å². The van der Waals surface area contributed by atoms with Gasteiger partial charge in [-0.05, 0) is 67.7 Å². The fraction of sp³-hybridized carbons (Fsp3) is 0.276. The van der Waals surface area contributed by atoms with E-state index in [-0.39, 0.29) is 18.1 Å². The molecule has 2 atom stereocenters. The molecule has 1 aliphatic heterocycles. The van der Waals surface area contributed by atoms with Gasteiger partial charge in [0.05, 0.1) is 30.6 Å². The summed E-state index contributed by atoms with van der Waals surface area (Å²) in [6, 6.07) is 23.0. The third kappa shape index (κ3) is 4.35. The van der Waals surface area contributed by atoms with Crippen molar-refractivity contribution in [3.05, 3.63) is 95.6 Å². The average molecular weight is 499 g/mol. The van der Waals surface area contributed by atoms with Crippen molar-refractivity contribution in [2.45, 2.75) is 38.8 Å². The van der Waals surface area contributed by atoms with Crippen molar-refractivity contribution in [1.29, 1.82) is 0 Å². The van der Waals surface area contributed by atoms with Crippen molar-refractivity contribution in [1.82, 2.24) is 19.8 Å². The van der Waals surface area contributed by atoms with E-state index in [1.54, 1.807) is 0 Å². The lowest BCUT2D eigenvalue weighted by Crippen LogP contribution is -2.31. The highest BCUT2D eigenvalue weighted by Crippen LogP contribution is 2.42. The summed E-state index contributed by atoms with van der Waals surface area (Å²) in [5.41, 5.74) is 5.62. The van der Waals surface area contributed by atoms with Gasteiger partial charge in [-0.25, -0.2) is 0 Å². The quantitative estimate of drug-likeness (QED) is 0.266. The predicted molar refractivity (Wildman–Crippen MR) is 146 cm³/mol. The van der Waals surface area contributed by atoms with Crippen molar-refractivity contribution >= 4 is 34.1 Å². The maximum atomic E-state index is 11.8. The lowest BCUT2D eigenvalue weighted by Gasteiger charge is -2.28. The molecule has 1 saturated heterocycles. The predicted octanol–water partition coefficient (Wildman–Crippen LogP) is 5.57. The number of ether oxygens (including phenoxy) is 1. The van der Waals surface area contributed by atoms with Crippen LogP contribution in [0.3, 0.4) is 0 Å². The zero-order valence-electron chi connectivity index (χ0n) is 20.8. The Kier molecular flexibility index (Phi) is 6.74. The molecule has 6 nitrogen and oxygen atoms in total. The number of aromatic nitrogens is 2. The standard InChI is InChI=1S/C29H30N4O2S/c1-19-18-23(20(2)33(19)25-14-8-11-21-10-4-5-12-22(21)25)28-27(24-13-6-7-16-30-24)31-29(36)32(28)17-9-15-26(34)35-3/h4-8,10-14,16,18,27-28H,9,15,17H2,1-3H3,(H,31,36). The molecule has 1 N–H and O–H groups in total. The zero-order chi connectivity index (χ0) is 25.2. The molecule has 1 fully saturated rings. The molecule has 0 radical (unpaired) electrons. The number of nitrogens with one attached hydrogen (secondary N) is 1. The fourth-order valence-corrected chi connectivity index (χ4v) is 5.67. The lowest BCUT2D eigenvalue weighted by molar-refractivity contribution is -0.140. The Bertz CT molecular complexity index is 1410. The largest absolute Gasteiger partial charge is 0.469 e. The molecule has 3 heterocycles. The normalized spacial score (nSPS) is 17.4. The van der Waals surface area contributed by atoms with Crippen LogP contribution in [-0.4, -0.2) is 39.2 Å². The highest BCUT2D eigenvalue weighted by atomic mass is 32.1. The second-order valence-electron chi connectivity index (χ2n) is 9.16. The van der Waals surface area contributed by atoms with Gasteiger partial charge in [-0.3, -0.25) is 9.78 Å². The van der Waals surface area contributed by atoms with Crippen LogP contribution < -0.4 is 5.32 Å². The maximum Gasteiger partial charge on any atom is 0.305 e. The number of carbonyl (C=O) groups excluding carboxylic acids is 1. The van der Waals surface area contributed by atoms with E-state index in [0.29, 0.717) is 24.5 Å². The number of hydrogen-bond donors (Lipinski definition) is 1. The molecular weight excluding hydrogens is 468 g/mol. The molecule has 2 unspecified atom stereocenters. The smallest absolute Gasteiger partial charge is 0.305 e. The van der Waals surface area contributed by atoms with Gasteiger partial charge in [-0.1, -0.05) is 42.5 Å². The number of benzene rings is 2. The highest BCUT2D eigenvalue weighted by molar-refractivity contribution is 7.80. The van der Waals surface area contributed by atoms with Gasteiger partial charge in [0, 0.05) is 35.9 Å². The summed E-state index contributed by atoms with van der Waals surface area (Å²) in [5, 5.41) is 6.62. The topological polar surface area (TPSA) is 59.4 Å². The number of nitrogens with zero attached hydrogens (tertiary/aromatic N) is 3. The van der Waals surface area contributed by atoms with E-state index in [4.69, 9.17) is 17.0 Å². The fourth-order valence-electron chi connectivity index (χ4n) is 5.34. The molecule has 0 bridgehead atoms. The van der Waals surface area contributed by atoms with E-state index in [2.05, 4.69) is 82.1 Å². The molecule has 5 rings (SSSR count). The number of pyridine rings is 1. The molecule has 2 aromatic heterocycles. The first-order valence-corrected chi connectivity index (χ1v) is 12.6. The number of carbonyl (C=O) groups is 1. The number of rotatable bonds is 7. The first-order chi connectivity index (χ1) is 17.5. The number of hydrogen-bond acceptors (Lipinski definition) is 4. The SMILES string of the molecule is COC(=O)CCCN1C(=S)NC(c2ccccn2)C1c1cc(C)n(-c2cccc3ccccc23)c1C. The minimum Gasteiger partial charge on any atom is -0.469 e. The Labute approximate surface area is 216 Å². The monoisotopic (exact) mass is 498 g/mol. The van der Waals surface area contributed by atoms with Crippen molar-refractivity contribution < 1.29 is 9.53 Å². The van der Waals surface area contributed by atoms with Crippen LogP contribution >= 0.6 is 12.2 Å². The molecule has 36 heavy (non-hydrogen) atoms. The van der Waals surface area contributed by atoms with Gasteiger partial charge in [-0.2, -0.15) is 0 Å². The van der Waals surface area contributed by atoms with Crippen LogP contribution in [0.15, 0.2) is 72.9 Å². The molecule has 0 aliphatic carbocycles. The molecule has 1 aliphatic rings. The number of esters is 1. The Morgan fingerprint density at radius 1 is 1.08 bits per heavy atom. The third-order valence-corrected chi connectivity index (χ3v) is 7.35. The molecule has 0 saturated carbocycles. The average Bonchev–Trinajstić information content (AvgIpc) is 3.38. The molecule has 7 heteroatoms. The summed E-state index contributed by atoms with van der Waals surface area (Å²) in [6.45, 7) is 4.97. The maximum absolute atomic E-state index is 11.8. The van der Waals surface area contributed by atoms with E-state index in [0.717, 1.165) is 17.1 Å². The van der Waals surface area contributed by atoms with Gasteiger partial charge in [0.15, 0.2) is 5.11 Å². The highest BCUT2D eigenvalue weighted by Gasteiger charge is 2.41. The lowest BCUT2D eigenvalue weighted by atomic mass is 9.96. The Hall–Kier alpha value is -3.71. The molecule has 0 spiro atoms. The van der Waals surface area contributed by atoms with E-state index in [1.165, 1.54) is 29.1 Å². The minimum absolute atomic E-state index is 0.0556. The van der Waals surface area contributed by atoms with Crippen LogP contribution in [-0.2, 0) is 9.53 Å². The summed E-state index contributed by atoms with van der Waals surface area (Å²) < 4.78 is 7.18. The van der Waals surface area contributed by atoms with E-state index >= 15 is 0 Å². The van der Waals surface area contributed by atoms with Gasteiger partial charge in [0.1, 0.15) is 0 Å². The second kappa shape index (κ2) is 10.1. The van der Waals surface area contributed by atoms with E-state index < -0.39 is 0 Å². The summed E-state index contributed by atoms with van der Waals surface area (Å²) in [4.78, 5) is 18.6. The van der Waals surface area contributed by atoms with Crippen LogP contribution in [0.2, 0.25) is 0 Å². The minimum atomic E-state index is -0.208. The van der Waals surface area contributed by atoms with Crippen molar-refractivity contribution in [2.75, 3.05) is 13.7 Å². The van der Waals surface area contributed by atoms with Crippen molar-refractivity contribution in [3.63, 3.8) is 0 Å². The van der Waals surface area contributed by atoms with Gasteiger partial charge >= 0.3 is 5.97 Å². The van der Waals surface area contributed by atoms with Gasteiger partial charge in [0.2, 0.25) is 0 Å². The Balaban J connectivity index is 1.59. The Morgan fingerprint density at radius 2 is 1.86 bits per heavy atom. The summed E-state index contributed by atoms with van der Waals surface area (Å²) >= 11 is 5.81. The number of thiocarbonyl (C=S) groups is 1. The molecular formula is C29H30N4O2S. The van der Waals surface area contributed by atoms with Crippen LogP contribution in [0.4, 0.5) is 0 Å². The van der Waals surface area contributed by atoms with E-state index in [9.17, 15) is 4.79 Å². The second-order valence-corrected chi connectivity index (χ2v) is 9.55. The third-order valence-electron chi connectivity index (χ3n) is 7.00. The van der Waals surface area contributed by atoms with Crippen molar-refractivity contribution in [3.8, 4) is 5.69 Å². The number of methoxy groups -OCH3 is 1. The summed E-state index contributed by atoms with van der Waals surface area (Å²) in [5.74, 6) is -0.208. The zero-order valence-corrected chi connectivity index (χ0v) is 21.6. The number of fused-ring (bicyclic) bond motifs is 1. The Morgan fingerprint density at radius 3 is 2.64 bits per heavy atom. The van der Waals surface area contributed by atoms with Crippen LogP contribution in [0, 0.1) is 13.8 Å². The molecule has 4 aromatic rings. The molecule has 2 aromatic carbocycles. The molecule has 184 valence electrons. The molecule has 0 amide bonds. The van der Waals surface area contributed by atoms with Gasteiger partial charge in [-0.15, -0.1) is 0 Å². The first kappa shape index (κ1) is 24.0. The van der Waals surface area contributed by atoms with Gasteiger partial charge < -0.3 is 19.5 Å². The van der Waals surface area contributed by atoms with Crippen LogP contribution in [0.25, 0.3) is 16.5 Å². The van der Waals surface area contributed by atoms with Crippen LogP contribution in [0.1, 0.15) is 47.6 Å².